The van der Waals surface area contributed by atoms with Crippen LogP contribution in [0.3, 0.4) is 0 Å². The zero-order chi connectivity index (χ0) is 13.8. The maximum absolute atomic E-state index is 12.1. The maximum Gasteiger partial charge on any atom is 0.273 e. The SMILES string of the molecule is Cl.Cl.O=C(NC1CCCNC1)c1cc(-c2cccnc2)on1. The van der Waals surface area contributed by atoms with Crippen LogP contribution in [0.15, 0.2) is 35.1 Å². The van der Waals surface area contributed by atoms with Crippen LogP contribution in [0.5, 0.6) is 0 Å². The van der Waals surface area contributed by atoms with E-state index in [-0.39, 0.29) is 36.8 Å². The van der Waals surface area contributed by atoms with Crippen LogP contribution in [0.2, 0.25) is 0 Å². The predicted molar refractivity (Wildman–Crippen MR) is 87.6 cm³/mol. The topological polar surface area (TPSA) is 80.0 Å². The molecular weight excluding hydrogens is 327 g/mol. The van der Waals surface area contributed by atoms with E-state index in [0.29, 0.717) is 11.5 Å². The van der Waals surface area contributed by atoms with Crippen LogP contribution in [-0.2, 0) is 0 Å². The molecule has 0 aromatic carbocycles. The smallest absolute Gasteiger partial charge is 0.273 e. The number of carbonyl (C=O) groups excluding carboxylic acids is 1. The Balaban J connectivity index is 0.00000121. The van der Waals surface area contributed by atoms with Gasteiger partial charge in [-0.1, -0.05) is 5.16 Å². The molecule has 2 aromatic rings. The van der Waals surface area contributed by atoms with E-state index in [1.165, 1.54) is 0 Å². The fourth-order valence-electron chi connectivity index (χ4n) is 2.26. The van der Waals surface area contributed by atoms with Gasteiger partial charge in [-0.25, -0.2) is 0 Å². The summed E-state index contributed by atoms with van der Waals surface area (Å²) >= 11 is 0. The van der Waals surface area contributed by atoms with Crippen molar-refractivity contribution in [2.45, 2.75) is 18.9 Å². The number of hydrogen-bond acceptors (Lipinski definition) is 5. The molecule has 1 atom stereocenters. The van der Waals surface area contributed by atoms with Crippen molar-refractivity contribution in [3.8, 4) is 11.3 Å². The molecule has 1 aliphatic heterocycles. The number of piperidine rings is 1. The van der Waals surface area contributed by atoms with Crippen LogP contribution in [0, 0.1) is 0 Å². The van der Waals surface area contributed by atoms with E-state index >= 15 is 0 Å². The van der Waals surface area contributed by atoms with Crippen LogP contribution in [0.1, 0.15) is 23.3 Å². The van der Waals surface area contributed by atoms with E-state index < -0.39 is 0 Å². The molecule has 3 heterocycles. The number of amides is 1. The van der Waals surface area contributed by atoms with Gasteiger partial charge in [-0.3, -0.25) is 9.78 Å². The first-order valence-electron chi connectivity index (χ1n) is 6.71. The third-order valence-corrected chi connectivity index (χ3v) is 3.32. The van der Waals surface area contributed by atoms with Gasteiger partial charge in [0.05, 0.1) is 0 Å². The monoisotopic (exact) mass is 344 g/mol. The molecule has 0 bridgehead atoms. The minimum absolute atomic E-state index is 0. The second-order valence-electron chi connectivity index (χ2n) is 4.83. The summed E-state index contributed by atoms with van der Waals surface area (Å²) in [5, 5.41) is 10.0. The van der Waals surface area contributed by atoms with Crippen LogP contribution >= 0.6 is 24.8 Å². The van der Waals surface area contributed by atoms with Crippen LogP contribution in [0.4, 0.5) is 0 Å². The lowest BCUT2D eigenvalue weighted by Crippen LogP contribution is -2.45. The molecule has 8 heteroatoms. The van der Waals surface area contributed by atoms with Gasteiger partial charge in [0.15, 0.2) is 11.5 Å². The molecule has 3 rings (SSSR count). The molecule has 0 radical (unpaired) electrons. The van der Waals surface area contributed by atoms with Crippen molar-refractivity contribution >= 4 is 30.7 Å². The molecule has 0 spiro atoms. The first kappa shape index (κ1) is 18.4. The largest absolute Gasteiger partial charge is 0.355 e. The van der Waals surface area contributed by atoms with E-state index in [9.17, 15) is 4.79 Å². The third-order valence-electron chi connectivity index (χ3n) is 3.32. The Morgan fingerprint density at radius 2 is 2.27 bits per heavy atom. The standard InChI is InChI=1S/C14H16N4O2.2ClH/c19-14(17-11-4-2-6-16-9-11)12-7-13(20-18-12)10-3-1-5-15-8-10;;/h1,3,5,7-8,11,16H,2,4,6,9H2,(H,17,19);2*1H. The number of carbonyl (C=O) groups is 1. The molecule has 0 saturated carbocycles. The van der Waals surface area contributed by atoms with Crippen molar-refractivity contribution in [3.05, 3.63) is 36.3 Å². The number of nitrogens with one attached hydrogen (secondary N) is 2. The van der Waals surface area contributed by atoms with Gasteiger partial charge in [0.25, 0.3) is 5.91 Å². The number of hydrogen-bond donors (Lipinski definition) is 2. The highest BCUT2D eigenvalue weighted by Gasteiger charge is 2.19. The van der Waals surface area contributed by atoms with Crippen molar-refractivity contribution in [2.24, 2.45) is 0 Å². The van der Waals surface area contributed by atoms with Gasteiger partial charge < -0.3 is 15.2 Å². The summed E-state index contributed by atoms with van der Waals surface area (Å²) < 4.78 is 5.19. The zero-order valence-electron chi connectivity index (χ0n) is 11.8. The summed E-state index contributed by atoms with van der Waals surface area (Å²) in [5.74, 6) is 0.350. The average molecular weight is 345 g/mol. The summed E-state index contributed by atoms with van der Waals surface area (Å²) in [7, 11) is 0. The quantitative estimate of drug-likeness (QED) is 0.890. The average Bonchev–Trinajstić information content (AvgIpc) is 2.99. The van der Waals surface area contributed by atoms with Gasteiger partial charge in [0.2, 0.25) is 0 Å². The van der Waals surface area contributed by atoms with Crippen molar-refractivity contribution in [1.82, 2.24) is 20.8 Å². The van der Waals surface area contributed by atoms with E-state index in [0.717, 1.165) is 31.5 Å². The van der Waals surface area contributed by atoms with Crippen LogP contribution in [-0.4, -0.2) is 35.2 Å². The molecule has 2 aromatic heterocycles. The highest BCUT2D eigenvalue weighted by atomic mass is 35.5. The zero-order valence-corrected chi connectivity index (χ0v) is 13.5. The number of aromatic nitrogens is 2. The second-order valence-corrected chi connectivity index (χ2v) is 4.83. The molecule has 22 heavy (non-hydrogen) atoms. The number of nitrogens with zero attached hydrogens (tertiary/aromatic N) is 2. The molecule has 1 saturated heterocycles. The molecule has 1 unspecified atom stereocenters. The normalized spacial score (nSPS) is 17.0. The Morgan fingerprint density at radius 1 is 1.41 bits per heavy atom. The molecule has 1 aliphatic rings. The van der Waals surface area contributed by atoms with Crippen molar-refractivity contribution in [3.63, 3.8) is 0 Å². The summed E-state index contributed by atoms with van der Waals surface area (Å²) in [6.07, 6.45) is 5.42. The predicted octanol–water partition coefficient (Wildman–Crippen LogP) is 2.06. The van der Waals surface area contributed by atoms with Gasteiger partial charge in [-0.2, -0.15) is 0 Å². The van der Waals surface area contributed by atoms with Crippen LogP contribution in [0.25, 0.3) is 11.3 Å². The molecule has 6 nitrogen and oxygen atoms in total. The van der Waals surface area contributed by atoms with Crippen LogP contribution < -0.4 is 10.6 Å². The van der Waals surface area contributed by atoms with E-state index in [1.54, 1.807) is 18.5 Å². The van der Waals surface area contributed by atoms with E-state index in [1.807, 2.05) is 12.1 Å². The summed E-state index contributed by atoms with van der Waals surface area (Å²) in [6, 6.07) is 5.48. The van der Waals surface area contributed by atoms with Gasteiger partial charge in [0, 0.05) is 36.6 Å². The molecule has 1 amide bonds. The first-order valence-corrected chi connectivity index (χ1v) is 6.71. The lowest BCUT2D eigenvalue weighted by atomic mass is 10.1. The third kappa shape index (κ3) is 4.43. The highest BCUT2D eigenvalue weighted by molar-refractivity contribution is 5.93. The fraction of sp³-hybridized carbons (Fsp3) is 0.357. The van der Waals surface area contributed by atoms with Gasteiger partial charge in [-0.05, 0) is 31.5 Å². The summed E-state index contributed by atoms with van der Waals surface area (Å²) in [5.41, 5.74) is 1.10. The lowest BCUT2D eigenvalue weighted by molar-refractivity contribution is 0.0921. The Labute approximate surface area is 140 Å². The van der Waals surface area contributed by atoms with Crippen molar-refractivity contribution in [2.75, 3.05) is 13.1 Å². The number of halogens is 2. The Kier molecular flexibility index (Phi) is 7.31. The molecule has 0 aliphatic carbocycles. The molecule has 2 N–H and O–H groups in total. The van der Waals surface area contributed by atoms with E-state index in [2.05, 4.69) is 20.8 Å². The second kappa shape index (κ2) is 8.73. The number of pyridine rings is 1. The van der Waals surface area contributed by atoms with Crippen molar-refractivity contribution in [1.29, 1.82) is 0 Å². The minimum Gasteiger partial charge on any atom is -0.355 e. The van der Waals surface area contributed by atoms with E-state index in [4.69, 9.17) is 4.52 Å². The summed E-state index contributed by atoms with van der Waals surface area (Å²) in [4.78, 5) is 16.1. The number of rotatable bonds is 3. The van der Waals surface area contributed by atoms with Gasteiger partial charge in [0.1, 0.15) is 0 Å². The highest BCUT2D eigenvalue weighted by Crippen LogP contribution is 2.18. The lowest BCUT2D eigenvalue weighted by Gasteiger charge is -2.23. The fourth-order valence-corrected chi connectivity index (χ4v) is 2.26. The first-order chi connectivity index (χ1) is 9.83. The van der Waals surface area contributed by atoms with Gasteiger partial charge >= 0.3 is 0 Å². The van der Waals surface area contributed by atoms with Gasteiger partial charge in [-0.15, -0.1) is 24.8 Å². The minimum atomic E-state index is -0.197. The Morgan fingerprint density at radius 3 is 2.95 bits per heavy atom. The Hall–Kier alpha value is -1.63. The Bertz CT molecular complexity index is 586. The summed E-state index contributed by atoms with van der Waals surface area (Å²) in [6.45, 7) is 1.82. The molecule has 120 valence electrons. The van der Waals surface area contributed by atoms with Crippen molar-refractivity contribution < 1.29 is 9.32 Å². The molecule has 1 fully saturated rings. The molecular formula is C14H18Cl2N4O2. The maximum atomic E-state index is 12.1.